The zero-order chi connectivity index (χ0) is 13.6. The van der Waals surface area contributed by atoms with E-state index >= 15 is 0 Å². The summed E-state index contributed by atoms with van der Waals surface area (Å²) in [5, 5.41) is 4.60. The lowest BCUT2D eigenvalue weighted by atomic mass is 9.98. The molecule has 0 aromatic carbocycles. The van der Waals surface area contributed by atoms with Crippen LogP contribution in [0.25, 0.3) is 0 Å². The predicted octanol–water partition coefficient (Wildman–Crippen LogP) is 2.20. The van der Waals surface area contributed by atoms with Gasteiger partial charge in [0.15, 0.2) is 0 Å². The zero-order valence-corrected chi connectivity index (χ0v) is 13.4. The molecule has 19 heavy (non-hydrogen) atoms. The second kappa shape index (κ2) is 5.19. The van der Waals surface area contributed by atoms with Crippen molar-refractivity contribution in [2.75, 3.05) is 0 Å². The third-order valence-corrected chi connectivity index (χ3v) is 5.67. The van der Waals surface area contributed by atoms with Gasteiger partial charge in [-0.1, -0.05) is 6.92 Å². The molecule has 2 atom stereocenters. The van der Waals surface area contributed by atoms with Gasteiger partial charge in [0.05, 0.1) is 15.9 Å². The van der Waals surface area contributed by atoms with Crippen LogP contribution in [0, 0.1) is 0 Å². The van der Waals surface area contributed by atoms with Crippen LogP contribution in [-0.4, -0.2) is 32.8 Å². The van der Waals surface area contributed by atoms with Crippen LogP contribution < -0.4 is 5.73 Å². The van der Waals surface area contributed by atoms with Gasteiger partial charge in [0.1, 0.15) is 0 Å². The van der Waals surface area contributed by atoms with Gasteiger partial charge in [-0.15, -0.1) is 0 Å². The second-order valence-corrected chi connectivity index (χ2v) is 6.77. The highest BCUT2D eigenvalue weighted by Gasteiger charge is 2.40. The van der Waals surface area contributed by atoms with Crippen molar-refractivity contribution in [3.05, 3.63) is 15.9 Å². The lowest BCUT2D eigenvalue weighted by molar-refractivity contribution is 0.116. The third kappa shape index (κ3) is 2.36. The third-order valence-electron chi connectivity index (χ3n) is 4.76. The maximum Gasteiger partial charge on any atom is 0.0767 e. The zero-order valence-electron chi connectivity index (χ0n) is 11.8. The minimum absolute atomic E-state index is 0.412. The first-order valence-corrected chi connectivity index (χ1v) is 8.11. The number of aryl methyl sites for hydroxylation is 2. The monoisotopic (exact) mass is 326 g/mol. The van der Waals surface area contributed by atoms with Crippen LogP contribution in [0.1, 0.15) is 44.0 Å². The number of fused-ring (bicyclic) bond motifs is 2. The molecule has 2 saturated heterocycles. The van der Waals surface area contributed by atoms with Gasteiger partial charge in [-0.2, -0.15) is 5.10 Å². The molecule has 1 aromatic heterocycles. The van der Waals surface area contributed by atoms with Gasteiger partial charge in [0.2, 0.25) is 0 Å². The van der Waals surface area contributed by atoms with Crippen LogP contribution in [0.5, 0.6) is 0 Å². The summed E-state index contributed by atoms with van der Waals surface area (Å²) >= 11 is 3.73. The first-order valence-electron chi connectivity index (χ1n) is 7.31. The highest BCUT2D eigenvalue weighted by Crippen LogP contribution is 2.37. The molecule has 3 rings (SSSR count). The van der Waals surface area contributed by atoms with Crippen LogP contribution in [-0.2, 0) is 20.0 Å². The van der Waals surface area contributed by atoms with E-state index in [9.17, 15) is 0 Å². The first-order chi connectivity index (χ1) is 9.10. The molecule has 0 radical (unpaired) electrons. The van der Waals surface area contributed by atoms with Gasteiger partial charge < -0.3 is 5.73 Å². The highest BCUT2D eigenvalue weighted by atomic mass is 79.9. The van der Waals surface area contributed by atoms with Crippen molar-refractivity contribution in [3.63, 3.8) is 0 Å². The highest BCUT2D eigenvalue weighted by molar-refractivity contribution is 9.10. The molecular weight excluding hydrogens is 304 g/mol. The van der Waals surface area contributed by atoms with Crippen LogP contribution in [0.3, 0.4) is 0 Å². The Morgan fingerprint density at radius 2 is 1.95 bits per heavy atom. The second-order valence-electron chi connectivity index (χ2n) is 5.97. The molecule has 2 unspecified atom stereocenters. The SMILES string of the molecule is CCc1nn(C)c(CN2C3CCC2CC(N)C3)c1Br. The molecule has 3 heterocycles. The van der Waals surface area contributed by atoms with Crippen molar-refractivity contribution in [3.8, 4) is 0 Å². The lowest BCUT2D eigenvalue weighted by Gasteiger charge is -2.37. The van der Waals surface area contributed by atoms with Gasteiger partial charge in [-0.3, -0.25) is 9.58 Å². The molecule has 0 saturated carbocycles. The summed E-state index contributed by atoms with van der Waals surface area (Å²) in [6.45, 7) is 3.16. The van der Waals surface area contributed by atoms with E-state index in [1.807, 2.05) is 4.68 Å². The Morgan fingerprint density at radius 1 is 1.32 bits per heavy atom. The topological polar surface area (TPSA) is 47.1 Å². The molecule has 2 aliphatic heterocycles. The molecule has 106 valence electrons. The summed E-state index contributed by atoms with van der Waals surface area (Å²) in [6.07, 6.45) is 5.92. The fourth-order valence-corrected chi connectivity index (χ4v) is 4.48. The van der Waals surface area contributed by atoms with Gasteiger partial charge in [0.25, 0.3) is 0 Å². The molecule has 2 bridgehead atoms. The van der Waals surface area contributed by atoms with Crippen molar-refractivity contribution < 1.29 is 0 Å². The number of hydrogen-bond acceptors (Lipinski definition) is 3. The van der Waals surface area contributed by atoms with E-state index in [1.165, 1.54) is 28.7 Å². The fourth-order valence-electron chi connectivity index (χ4n) is 3.74. The van der Waals surface area contributed by atoms with Crippen molar-refractivity contribution in [1.82, 2.24) is 14.7 Å². The van der Waals surface area contributed by atoms with Crippen molar-refractivity contribution in [1.29, 1.82) is 0 Å². The maximum absolute atomic E-state index is 6.14. The summed E-state index contributed by atoms with van der Waals surface area (Å²) in [4.78, 5) is 2.66. The molecule has 0 aliphatic carbocycles. The number of nitrogens with two attached hydrogens (primary N) is 1. The number of halogens is 1. The number of nitrogens with zero attached hydrogens (tertiary/aromatic N) is 3. The van der Waals surface area contributed by atoms with E-state index in [0.29, 0.717) is 18.1 Å². The normalized spacial score (nSPS) is 31.1. The van der Waals surface area contributed by atoms with Crippen LogP contribution in [0.15, 0.2) is 4.47 Å². The van der Waals surface area contributed by atoms with Gasteiger partial charge in [-0.05, 0) is 48.0 Å². The number of rotatable bonds is 3. The smallest absolute Gasteiger partial charge is 0.0767 e. The number of piperidine rings is 1. The molecule has 0 amide bonds. The molecule has 4 nitrogen and oxygen atoms in total. The van der Waals surface area contributed by atoms with Crippen molar-refractivity contribution in [2.45, 2.75) is 63.7 Å². The van der Waals surface area contributed by atoms with Gasteiger partial charge in [-0.25, -0.2) is 0 Å². The Balaban J connectivity index is 1.81. The van der Waals surface area contributed by atoms with Crippen LogP contribution in [0.4, 0.5) is 0 Å². The quantitative estimate of drug-likeness (QED) is 0.926. The van der Waals surface area contributed by atoms with E-state index < -0.39 is 0 Å². The Hall–Kier alpha value is -0.390. The summed E-state index contributed by atoms with van der Waals surface area (Å²) < 4.78 is 3.24. The van der Waals surface area contributed by atoms with Crippen LogP contribution in [0.2, 0.25) is 0 Å². The van der Waals surface area contributed by atoms with E-state index in [0.717, 1.165) is 25.8 Å². The maximum atomic E-state index is 6.14. The molecule has 0 spiro atoms. The Labute approximate surface area is 123 Å². The Morgan fingerprint density at radius 3 is 2.47 bits per heavy atom. The average molecular weight is 327 g/mol. The van der Waals surface area contributed by atoms with E-state index in [1.54, 1.807) is 0 Å². The minimum Gasteiger partial charge on any atom is -0.328 e. The van der Waals surface area contributed by atoms with Crippen molar-refractivity contribution in [2.24, 2.45) is 12.8 Å². The Bertz CT molecular complexity index is 456. The van der Waals surface area contributed by atoms with Gasteiger partial charge >= 0.3 is 0 Å². The number of hydrogen-bond donors (Lipinski definition) is 1. The fraction of sp³-hybridized carbons (Fsp3) is 0.786. The van der Waals surface area contributed by atoms with E-state index in [-0.39, 0.29) is 0 Å². The minimum atomic E-state index is 0.412. The molecule has 2 aliphatic rings. The van der Waals surface area contributed by atoms with Crippen molar-refractivity contribution >= 4 is 15.9 Å². The summed E-state index contributed by atoms with van der Waals surface area (Å²) in [5.41, 5.74) is 8.62. The molecular formula is C14H23BrN4. The summed E-state index contributed by atoms with van der Waals surface area (Å²) in [6, 6.07) is 1.77. The van der Waals surface area contributed by atoms with Gasteiger partial charge in [0, 0.05) is 31.7 Å². The standard InChI is InChI=1S/C14H23BrN4/c1-3-12-14(15)13(18(2)17-12)8-19-10-4-5-11(19)7-9(16)6-10/h9-11H,3-8,16H2,1-2H3. The molecule has 1 aromatic rings. The largest absolute Gasteiger partial charge is 0.328 e. The van der Waals surface area contributed by atoms with E-state index in [2.05, 4.69) is 39.9 Å². The first kappa shape index (κ1) is 13.6. The lowest BCUT2D eigenvalue weighted by Crippen LogP contribution is -2.47. The molecule has 2 fully saturated rings. The molecule has 5 heteroatoms. The van der Waals surface area contributed by atoms with Crippen LogP contribution >= 0.6 is 15.9 Å². The average Bonchev–Trinajstić information content (AvgIpc) is 2.77. The number of aromatic nitrogens is 2. The summed E-state index contributed by atoms with van der Waals surface area (Å²) in [5.74, 6) is 0. The Kier molecular flexibility index (Phi) is 3.71. The summed E-state index contributed by atoms with van der Waals surface area (Å²) in [7, 11) is 2.05. The molecule has 2 N–H and O–H groups in total. The van der Waals surface area contributed by atoms with E-state index in [4.69, 9.17) is 5.73 Å². The predicted molar refractivity (Wildman–Crippen MR) is 79.8 cm³/mol.